The number of allylic oxidation sites excluding steroid dienone is 2. The average Bonchev–Trinajstić information content (AvgIpc) is 3.27. The summed E-state index contributed by atoms with van der Waals surface area (Å²) in [7, 11) is 1.56. The number of hydrogen-bond donors (Lipinski definition) is 1. The number of imide groups is 1. The van der Waals surface area contributed by atoms with Crippen LogP contribution in [0.2, 0.25) is 0 Å². The average molecular weight is 641 g/mol. The van der Waals surface area contributed by atoms with Crippen molar-refractivity contribution < 1.29 is 28.8 Å². The molecule has 0 aromatic rings. The maximum Gasteiger partial charge on any atom is 0.336 e. The third-order valence-corrected chi connectivity index (χ3v) is 15.4. The van der Waals surface area contributed by atoms with Gasteiger partial charge in [-0.1, -0.05) is 77.0 Å². The lowest BCUT2D eigenvalue weighted by Crippen LogP contribution is -2.64. The summed E-state index contributed by atoms with van der Waals surface area (Å²) in [5.74, 6) is 0.0713. The highest BCUT2D eigenvalue weighted by Crippen LogP contribution is 2.75. The molecular weight excluding hydrogens is 588 g/mol. The Morgan fingerprint density at radius 2 is 1.69 bits per heavy atom. The van der Waals surface area contributed by atoms with E-state index in [1.165, 1.54) is 5.57 Å². The molecule has 0 aromatic carbocycles. The monoisotopic (exact) mass is 640 g/mol. The molecular formula is C36H52N2O6S. The molecule has 8 nitrogen and oxygen atoms in total. The SMILES string of the molecule is COC(=O)[C@@]12CCC(C)(C)CC1C1=CCC3[C@]4(C)CC/C(=N\OC(=O)CC5SC(=O)NC5=O)C(C)(C)C4CC[C@]3(C)[C@@]1(C)CC2. The molecule has 45 heavy (non-hydrogen) atoms. The van der Waals surface area contributed by atoms with Gasteiger partial charge in [0.2, 0.25) is 5.91 Å². The molecule has 0 aromatic heterocycles. The number of nitrogens with one attached hydrogen (secondary N) is 1. The van der Waals surface area contributed by atoms with Crippen molar-refractivity contribution in [2.75, 3.05) is 7.11 Å². The Kier molecular flexibility index (Phi) is 7.78. The van der Waals surface area contributed by atoms with Crippen LogP contribution in [0.25, 0.3) is 0 Å². The van der Waals surface area contributed by atoms with Crippen molar-refractivity contribution >= 4 is 40.6 Å². The zero-order valence-electron chi connectivity index (χ0n) is 28.5. The van der Waals surface area contributed by atoms with Gasteiger partial charge >= 0.3 is 11.9 Å². The molecule has 1 N–H and O–H groups in total. The molecule has 5 aliphatic carbocycles. The van der Waals surface area contributed by atoms with Gasteiger partial charge in [0.15, 0.2) is 0 Å². The van der Waals surface area contributed by atoms with Crippen LogP contribution < -0.4 is 5.32 Å². The van der Waals surface area contributed by atoms with Crippen LogP contribution in [-0.4, -0.2) is 41.2 Å². The third-order valence-electron chi connectivity index (χ3n) is 14.4. The number of rotatable bonds is 4. The van der Waals surface area contributed by atoms with Crippen LogP contribution in [0.4, 0.5) is 4.79 Å². The van der Waals surface area contributed by atoms with E-state index in [9.17, 15) is 19.2 Å². The highest BCUT2D eigenvalue weighted by Gasteiger charge is 2.69. The fourth-order valence-electron chi connectivity index (χ4n) is 11.6. The van der Waals surface area contributed by atoms with Gasteiger partial charge in [-0.05, 0) is 104 Å². The normalized spacial score (nSPS) is 44.0. The zero-order chi connectivity index (χ0) is 32.8. The van der Waals surface area contributed by atoms with Crippen molar-refractivity contribution in [3.8, 4) is 0 Å². The molecule has 1 aliphatic heterocycles. The first-order valence-corrected chi connectivity index (χ1v) is 17.9. The minimum Gasteiger partial charge on any atom is -0.469 e. The van der Waals surface area contributed by atoms with E-state index in [1.54, 1.807) is 7.11 Å². The first kappa shape index (κ1) is 32.8. The topological polar surface area (TPSA) is 111 Å². The molecule has 1 saturated heterocycles. The van der Waals surface area contributed by atoms with Crippen molar-refractivity contribution in [1.29, 1.82) is 0 Å². The molecule has 248 valence electrons. The summed E-state index contributed by atoms with van der Waals surface area (Å²) in [6, 6.07) is 0. The molecule has 6 rings (SSSR count). The lowest BCUT2D eigenvalue weighted by atomic mass is 9.33. The molecule has 0 radical (unpaired) electrons. The van der Waals surface area contributed by atoms with E-state index in [4.69, 9.17) is 9.57 Å². The smallest absolute Gasteiger partial charge is 0.336 e. The van der Waals surface area contributed by atoms with Gasteiger partial charge in [-0.15, -0.1) is 0 Å². The lowest BCUT2D eigenvalue weighted by molar-refractivity contribution is -0.181. The van der Waals surface area contributed by atoms with Crippen LogP contribution in [0.1, 0.15) is 119 Å². The molecule has 8 atom stereocenters. The molecule has 9 heteroatoms. The number of nitrogens with zero attached hydrogens (tertiary/aromatic N) is 1. The lowest BCUT2D eigenvalue weighted by Gasteiger charge is -2.70. The summed E-state index contributed by atoms with van der Waals surface area (Å²) < 4.78 is 5.52. The van der Waals surface area contributed by atoms with Gasteiger partial charge in [0, 0.05) is 5.41 Å². The predicted octanol–water partition coefficient (Wildman–Crippen LogP) is 7.60. The van der Waals surface area contributed by atoms with E-state index < -0.39 is 27.8 Å². The van der Waals surface area contributed by atoms with Crippen LogP contribution in [0.5, 0.6) is 0 Å². The fourth-order valence-corrected chi connectivity index (χ4v) is 12.4. The molecule has 4 saturated carbocycles. The second-order valence-electron chi connectivity index (χ2n) is 17.2. The van der Waals surface area contributed by atoms with Gasteiger partial charge in [-0.2, -0.15) is 0 Å². The molecule has 5 fully saturated rings. The number of amides is 2. The van der Waals surface area contributed by atoms with E-state index in [-0.39, 0.29) is 45.4 Å². The van der Waals surface area contributed by atoms with E-state index in [1.807, 2.05) is 0 Å². The van der Waals surface area contributed by atoms with E-state index >= 15 is 0 Å². The van der Waals surface area contributed by atoms with Crippen LogP contribution in [0.15, 0.2) is 16.8 Å². The Balaban J connectivity index is 1.26. The van der Waals surface area contributed by atoms with Crippen LogP contribution in [0.3, 0.4) is 0 Å². The summed E-state index contributed by atoms with van der Waals surface area (Å²) >= 11 is 0.827. The van der Waals surface area contributed by atoms with Crippen LogP contribution >= 0.6 is 11.8 Å². The Morgan fingerprint density at radius 3 is 2.36 bits per heavy atom. The largest absolute Gasteiger partial charge is 0.469 e. The number of hydrogen-bond acceptors (Lipinski definition) is 8. The van der Waals surface area contributed by atoms with E-state index in [2.05, 4.69) is 65.0 Å². The highest BCUT2D eigenvalue weighted by molar-refractivity contribution is 8.15. The molecule has 6 aliphatic rings. The maximum atomic E-state index is 13.5. The molecule has 0 spiro atoms. The molecule has 1 heterocycles. The second kappa shape index (κ2) is 10.7. The quantitative estimate of drug-likeness (QED) is 0.146. The molecule has 4 unspecified atom stereocenters. The minimum absolute atomic E-state index is 0.00537. The van der Waals surface area contributed by atoms with E-state index in [0.29, 0.717) is 11.8 Å². The fraction of sp³-hybridized carbons (Fsp3) is 0.806. The second-order valence-corrected chi connectivity index (χ2v) is 18.3. The van der Waals surface area contributed by atoms with Crippen LogP contribution in [0, 0.1) is 50.2 Å². The van der Waals surface area contributed by atoms with Crippen molar-refractivity contribution in [1.82, 2.24) is 5.32 Å². The summed E-state index contributed by atoms with van der Waals surface area (Å²) in [5, 5.41) is 5.45. The Bertz CT molecular complexity index is 1380. The zero-order valence-corrected chi connectivity index (χ0v) is 29.3. The third kappa shape index (κ3) is 4.78. The summed E-state index contributed by atoms with van der Waals surface area (Å²) in [4.78, 5) is 54.9. The first-order chi connectivity index (χ1) is 20.9. The van der Waals surface area contributed by atoms with Crippen molar-refractivity contribution in [2.45, 2.75) is 124 Å². The number of methoxy groups -OCH3 is 1. The molecule has 0 bridgehead atoms. The van der Waals surface area contributed by atoms with Gasteiger partial charge in [-0.3, -0.25) is 19.7 Å². The van der Waals surface area contributed by atoms with E-state index in [0.717, 1.165) is 81.7 Å². The van der Waals surface area contributed by atoms with Gasteiger partial charge < -0.3 is 9.57 Å². The minimum atomic E-state index is -0.758. The molecule has 2 amide bonds. The van der Waals surface area contributed by atoms with Gasteiger partial charge in [-0.25, -0.2) is 4.79 Å². The number of fused-ring (bicyclic) bond motifs is 7. The number of oxime groups is 1. The summed E-state index contributed by atoms with van der Waals surface area (Å²) in [6.07, 6.45) is 12.3. The van der Waals surface area contributed by atoms with Gasteiger partial charge in [0.25, 0.3) is 5.24 Å². The highest BCUT2D eigenvalue weighted by atomic mass is 32.2. The van der Waals surface area contributed by atoms with Crippen molar-refractivity contribution in [3.63, 3.8) is 0 Å². The summed E-state index contributed by atoms with van der Waals surface area (Å²) in [6.45, 7) is 16.8. The van der Waals surface area contributed by atoms with Gasteiger partial charge in [0.05, 0.1) is 24.7 Å². The number of esters is 1. The number of thioether (sulfide) groups is 1. The van der Waals surface area contributed by atoms with Crippen molar-refractivity contribution in [3.05, 3.63) is 11.6 Å². The predicted molar refractivity (Wildman–Crippen MR) is 174 cm³/mol. The number of ether oxygens (including phenoxy) is 1. The van der Waals surface area contributed by atoms with Crippen LogP contribution in [-0.2, 0) is 24.0 Å². The Labute approximate surface area is 272 Å². The summed E-state index contributed by atoms with van der Waals surface area (Å²) in [5.41, 5.74) is 2.22. The van der Waals surface area contributed by atoms with Crippen molar-refractivity contribution in [2.24, 2.45) is 55.4 Å². The standard InChI is InChI=1S/C36H52N2O6S/c1-31(2)15-17-36(29(41)43-8)18-16-34(6)21(22(36)20-31)9-10-25-33(5)13-12-26(32(3,4)24(33)11-14-35(25,34)7)38-44-27(39)19-23-28(40)37-30(42)45-23/h9,22-25H,10-20H2,1-8H3,(H,37,40,42)/b38-26+/t22?,23?,24?,25?,33-,34+,35+,36-/m1/s1. The number of carbonyl (C=O) groups excluding carboxylic acids is 4. The maximum absolute atomic E-state index is 13.5. The Morgan fingerprint density at radius 1 is 0.978 bits per heavy atom. The van der Waals surface area contributed by atoms with Gasteiger partial charge in [0.1, 0.15) is 5.25 Å². The number of carbonyl (C=O) groups is 4. The Hall–Kier alpha value is -2.16. The first-order valence-electron chi connectivity index (χ1n) is 17.0.